The van der Waals surface area contributed by atoms with Gasteiger partial charge in [0, 0.05) is 5.03 Å². The molecule has 1 fully saturated rings. The Bertz CT molecular complexity index is 1020. The number of allylic oxidation sites excluding steroid dienone is 4. The summed E-state index contributed by atoms with van der Waals surface area (Å²) < 4.78 is 40.7. The Balaban J connectivity index is 1.92. The highest BCUT2D eigenvalue weighted by molar-refractivity contribution is 6.33. The molecule has 1 saturated carbocycles. The summed E-state index contributed by atoms with van der Waals surface area (Å²) in [4.78, 5) is 24.8. The second-order valence-electron chi connectivity index (χ2n) is 8.85. The number of carboxylic acid groups (broad SMARTS) is 1. The molecule has 10 heteroatoms. The van der Waals surface area contributed by atoms with Crippen molar-refractivity contribution in [3.63, 3.8) is 0 Å². The van der Waals surface area contributed by atoms with E-state index in [1.54, 1.807) is 6.08 Å². The Labute approximate surface area is 199 Å². The summed E-state index contributed by atoms with van der Waals surface area (Å²) in [5.41, 5.74) is -2.95. The zero-order valence-electron chi connectivity index (χ0n) is 17.9. The lowest BCUT2D eigenvalue weighted by molar-refractivity contribution is -0.188. The summed E-state index contributed by atoms with van der Waals surface area (Å²) in [7, 11) is 0. The number of aliphatic carboxylic acids is 1. The van der Waals surface area contributed by atoms with E-state index >= 15 is 0 Å². The molecular formula is C23H24Cl2F3NO4. The zero-order valence-corrected chi connectivity index (χ0v) is 19.4. The number of anilines is 1. The van der Waals surface area contributed by atoms with Gasteiger partial charge in [0.2, 0.25) is 5.91 Å². The minimum atomic E-state index is -4.62. The highest BCUT2D eigenvalue weighted by Gasteiger charge is 2.63. The van der Waals surface area contributed by atoms with Crippen LogP contribution >= 0.6 is 23.2 Å². The van der Waals surface area contributed by atoms with Gasteiger partial charge in [-0.15, -0.1) is 0 Å². The number of hydrogen-bond donors (Lipinski definition) is 3. The summed E-state index contributed by atoms with van der Waals surface area (Å²) in [6.45, 7) is 2.31. The average Bonchev–Trinajstić information content (AvgIpc) is 3.53. The molecule has 3 rings (SSSR count). The summed E-state index contributed by atoms with van der Waals surface area (Å²) >= 11 is 12.1. The molecular weight excluding hydrogens is 482 g/mol. The maximum atomic E-state index is 13.6. The van der Waals surface area contributed by atoms with Gasteiger partial charge in [0.1, 0.15) is 11.0 Å². The SMILES string of the molecule is C[C@H]([C@H](C(=O)Nc1cc(C(C)(O)C2(C(=O)O)CC2)ccc1Cl)C1C=CC(Cl)=CC1)C(F)(F)F. The van der Waals surface area contributed by atoms with Crippen molar-refractivity contribution in [1.29, 1.82) is 0 Å². The maximum Gasteiger partial charge on any atom is 0.392 e. The van der Waals surface area contributed by atoms with Crippen LogP contribution in [0.5, 0.6) is 0 Å². The number of aliphatic hydroxyl groups is 1. The van der Waals surface area contributed by atoms with E-state index in [4.69, 9.17) is 23.2 Å². The van der Waals surface area contributed by atoms with E-state index in [0.717, 1.165) is 6.92 Å². The van der Waals surface area contributed by atoms with Crippen LogP contribution in [0, 0.1) is 23.2 Å². The van der Waals surface area contributed by atoms with E-state index in [9.17, 15) is 33.0 Å². The molecule has 0 heterocycles. The normalized spacial score (nSPS) is 23.2. The molecule has 0 aliphatic heterocycles. The van der Waals surface area contributed by atoms with Crippen LogP contribution in [-0.4, -0.2) is 28.3 Å². The molecule has 2 aliphatic rings. The van der Waals surface area contributed by atoms with Crippen LogP contribution in [0.4, 0.5) is 18.9 Å². The molecule has 3 N–H and O–H groups in total. The van der Waals surface area contributed by atoms with Crippen LogP contribution in [-0.2, 0) is 15.2 Å². The molecule has 180 valence electrons. The van der Waals surface area contributed by atoms with Crippen molar-refractivity contribution in [1.82, 2.24) is 0 Å². The fraction of sp³-hybridized carbons (Fsp3) is 0.478. The molecule has 5 nitrogen and oxygen atoms in total. The minimum absolute atomic E-state index is 0.00614. The van der Waals surface area contributed by atoms with Gasteiger partial charge in [-0.25, -0.2) is 0 Å². The molecule has 0 aromatic heterocycles. The van der Waals surface area contributed by atoms with Crippen LogP contribution in [0.1, 0.15) is 38.7 Å². The lowest BCUT2D eigenvalue weighted by Crippen LogP contribution is -2.40. The average molecular weight is 506 g/mol. The lowest BCUT2D eigenvalue weighted by atomic mass is 9.78. The Hall–Kier alpha value is -2.03. The fourth-order valence-electron chi connectivity index (χ4n) is 4.32. The van der Waals surface area contributed by atoms with E-state index in [2.05, 4.69) is 5.32 Å². The second kappa shape index (κ2) is 8.96. The first-order chi connectivity index (χ1) is 15.2. The van der Waals surface area contributed by atoms with Crippen molar-refractivity contribution in [3.05, 3.63) is 52.0 Å². The molecule has 0 radical (unpaired) electrons. The number of amides is 1. The Morgan fingerprint density at radius 3 is 2.36 bits per heavy atom. The first-order valence-electron chi connectivity index (χ1n) is 10.4. The van der Waals surface area contributed by atoms with E-state index < -0.39 is 46.8 Å². The van der Waals surface area contributed by atoms with E-state index in [-0.39, 0.29) is 35.5 Å². The van der Waals surface area contributed by atoms with Gasteiger partial charge in [-0.1, -0.05) is 48.3 Å². The maximum absolute atomic E-state index is 13.6. The fourth-order valence-corrected chi connectivity index (χ4v) is 4.65. The largest absolute Gasteiger partial charge is 0.481 e. The topological polar surface area (TPSA) is 86.6 Å². The van der Waals surface area contributed by atoms with E-state index in [1.807, 2.05) is 0 Å². The minimum Gasteiger partial charge on any atom is -0.481 e. The number of hydrogen-bond acceptors (Lipinski definition) is 3. The number of carbonyl (C=O) groups excluding carboxylic acids is 1. The predicted octanol–water partition coefficient (Wildman–Crippen LogP) is 5.86. The van der Waals surface area contributed by atoms with Crippen molar-refractivity contribution in [2.24, 2.45) is 23.2 Å². The number of halogens is 5. The van der Waals surface area contributed by atoms with Crippen molar-refractivity contribution in [2.45, 2.75) is 44.9 Å². The third-order valence-corrected chi connectivity index (χ3v) is 7.39. The van der Waals surface area contributed by atoms with Gasteiger partial charge >= 0.3 is 12.1 Å². The summed E-state index contributed by atoms with van der Waals surface area (Å²) in [5.74, 6) is -6.20. The second-order valence-corrected chi connectivity index (χ2v) is 9.69. The lowest BCUT2D eigenvalue weighted by Gasteiger charge is -2.32. The third kappa shape index (κ3) is 4.93. The monoisotopic (exact) mass is 505 g/mol. The van der Waals surface area contributed by atoms with Gasteiger partial charge in [0.15, 0.2) is 0 Å². The van der Waals surface area contributed by atoms with Crippen LogP contribution in [0.15, 0.2) is 41.5 Å². The van der Waals surface area contributed by atoms with Gasteiger partial charge in [0.05, 0.1) is 22.5 Å². The molecule has 1 aromatic carbocycles. The number of carbonyl (C=O) groups is 2. The smallest absolute Gasteiger partial charge is 0.392 e. The van der Waals surface area contributed by atoms with Gasteiger partial charge in [-0.2, -0.15) is 13.2 Å². The standard InChI is InChI=1S/C23H24Cl2F3NO4/c1-12(23(26,27)28)18(13-3-6-15(24)7-4-13)19(30)29-17-11-14(5-8-16(17)25)21(2,33)22(9-10-22)20(31)32/h3,5-8,11-13,18,33H,4,9-10H2,1-2H3,(H,29,30)(H,31,32)/t12-,13?,18+,21?/m1/s1. The molecule has 2 unspecified atom stereocenters. The van der Waals surface area contributed by atoms with Gasteiger partial charge in [-0.3, -0.25) is 9.59 Å². The van der Waals surface area contributed by atoms with Crippen molar-refractivity contribution in [3.8, 4) is 0 Å². The van der Waals surface area contributed by atoms with Gasteiger partial charge in [-0.05, 0) is 55.9 Å². The summed E-state index contributed by atoms with van der Waals surface area (Å²) in [6.07, 6.45) is 0.602. The Morgan fingerprint density at radius 2 is 1.88 bits per heavy atom. The van der Waals surface area contributed by atoms with Gasteiger partial charge in [0.25, 0.3) is 0 Å². The van der Waals surface area contributed by atoms with Crippen LogP contribution in [0.3, 0.4) is 0 Å². The Kier molecular flexibility index (Phi) is 6.95. The van der Waals surface area contributed by atoms with E-state index in [1.165, 1.54) is 37.3 Å². The number of benzene rings is 1. The first kappa shape index (κ1) is 25.6. The number of rotatable bonds is 7. The van der Waals surface area contributed by atoms with Gasteiger partial charge < -0.3 is 15.5 Å². The molecule has 0 saturated heterocycles. The Morgan fingerprint density at radius 1 is 1.24 bits per heavy atom. The number of carboxylic acids is 1. The predicted molar refractivity (Wildman–Crippen MR) is 119 cm³/mol. The molecule has 4 atom stereocenters. The number of nitrogens with one attached hydrogen (secondary N) is 1. The molecule has 33 heavy (non-hydrogen) atoms. The zero-order chi connectivity index (χ0) is 24.8. The van der Waals surface area contributed by atoms with E-state index in [0.29, 0.717) is 5.03 Å². The molecule has 1 amide bonds. The highest BCUT2D eigenvalue weighted by atomic mass is 35.5. The highest BCUT2D eigenvalue weighted by Crippen LogP contribution is 2.58. The molecule has 0 bridgehead atoms. The third-order valence-electron chi connectivity index (χ3n) is 6.78. The molecule has 0 spiro atoms. The van der Waals surface area contributed by atoms with Crippen molar-refractivity contribution < 1.29 is 33.0 Å². The van der Waals surface area contributed by atoms with Crippen LogP contribution in [0.25, 0.3) is 0 Å². The quantitative estimate of drug-likeness (QED) is 0.432. The first-order valence-corrected chi connectivity index (χ1v) is 11.1. The summed E-state index contributed by atoms with van der Waals surface area (Å²) in [6, 6.07) is 4.11. The molecule has 1 aromatic rings. The number of alkyl halides is 3. The van der Waals surface area contributed by atoms with Crippen LogP contribution < -0.4 is 5.32 Å². The van der Waals surface area contributed by atoms with Crippen molar-refractivity contribution >= 4 is 40.8 Å². The summed E-state index contributed by atoms with van der Waals surface area (Å²) in [5, 5.41) is 23.5. The van der Waals surface area contributed by atoms with Crippen molar-refractivity contribution in [2.75, 3.05) is 5.32 Å². The molecule has 2 aliphatic carbocycles. The van der Waals surface area contributed by atoms with Crippen LogP contribution in [0.2, 0.25) is 5.02 Å².